The number of hydrogen-bond acceptors (Lipinski definition) is 3. The molecule has 0 spiro atoms. The average Bonchev–Trinajstić information content (AvgIpc) is 2.98. The van der Waals surface area contributed by atoms with Gasteiger partial charge in [-0.2, -0.15) is 0 Å². The van der Waals surface area contributed by atoms with Gasteiger partial charge < -0.3 is 10.1 Å². The molecule has 0 radical (unpaired) electrons. The van der Waals surface area contributed by atoms with Crippen LogP contribution in [0.15, 0.2) is 16.7 Å². The van der Waals surface area contributed by atoms with Crippen LogP contribution in [0, 0.1) is 17.5 Å². The quantitative estimate of drug-likeness (QED) is 0.839. The predicted molar refractivity (Wildman–Crippen MR) is 76.8 cm³/mol. The van der Waals surface area contributed by atoms with Crippen LogP contribution < -0.4 is 5.32 Å². The van der Waals surface area contributed by atoms with Gasteiger partial charge in [0, 0.05) is 29.2 Å². The van der Waals surface area contributed by atoms with Crippen molar-refractivity contribution in [1.82, 2.24) is 4.98 Å². The number of ether oxygens (including phenoxy) is 1. The number of rotatable bonds is 3. The fourth-order valence-corrected chi connectivity index (χ4v) is 2.84. The van der Waals surface area contributed by atoms with E-state index < -0.39 is 17.5 Å². The lowest BCUT2D eigenvalue weighted by molar-refractivity contribution is 0.120. The van der Waals surface area contributed by atoms with Gasteiger partial charge in [0.15, 0.2) is 17.5 Å². The van der Waals surface area contributed by atoms with Crippen LogP contribution in [0.3, 0.4) is 0 Å². The molecule has 1 atom stereocenters. The number of fused-ring (bicyclic) bond motifs is 1. The summed E-state index contributed by atoms with van der Waals surface area (Å²) in [5.41, 5.74) is 0. The van der Waals surface area contributed by atoms with Crippen LogP contribution >= 0.6 is 15.9 Å². The number of anilines is 1. The first kappa shape index (κ1) is 14.6. The lowest BCUT2D eigenvalue weighted by atomic mass is 10.1. The van der Waals surface area contributed by atoms with Crippen molar-refractivity contribution >= 4 is 32.5 Å². The number of benzene rings is 1. The molecule has 3 nitrogen and oxygen atoms in total. The second-order valence-electron chi connectivity index (χ2n) is 4.88. The van der Waals surface area contributed by atoms with Gasteiger partial charge in [-0.15, -0.1) is 0 Å². The van der Waals surface area contributed by atoms with Gasteiger partial charge in [0.05, 0.1) is 11.5 Å². The number of hydrogen-bond donors (Lipinski definition) is 1. The summed E-state index contributed by atoms with van der Waals surface area (Å²) >= 11 is 3.17. The summed E-state index contributed by atoms with van der Waals surface area (Å²) in [4.78, 5) is 4.06. The third-order valence-corrected chi connectivity index (χ3v) is 4.12. The minimum Gasteiger partial charge on any atom is -0.376 e. The minimum atomic E-state index is -1.50. The zero-order chi connectivity index (χ0) is 15.0. The van der Waals surface area contributed by atoms with Crippen LogP contribution in [-0.2, 0) is 4.74 Å². The highest BCUT2D eigenvalue weighted by Gasteiger charge is 2.20. The van der Waals surface area contributed by atoms with Gasteiger partial charge in [-0.1, -0.05) is 0 Å². The summed E-state index contributed by atoms with van der Waals surface area (Å²) in [5.74, 6) is -3.78. The van der Waals surface area contributed by atoms with Crippen LogP contribution in [0.1, 0.15) is 12.8 Å². The van der Waals surface area contributed by atoms with E-state index in [1.165, 1.54) is 6.20 Å². The largest absolute Gasteiger partial charge is 0.376 e. The number of nitrogens with one attached hydrogen (secondary N) is 1. The monoisotopic (exact) mass is 360 g/mol. The van der Waals surface area contributed by atoms with Crippen molar-refractivity contribution in [2.24, 2.45) is 0 Å². The summed E-state index contributed by atoms with van der Waals surface area (Å²) < 4.78 is 46.7. The van der Waals surface area contributed by atoms with Crippen LogP contribution in [0.5, 0.6) is 0 Å². The number of halogens is 4. The van der Waals surface area contributed by atoms with Gasteiger partial charge in [0.2, 0.25) is 0 Å². The van der Waals surface area contributed by atoms with Crippen LogP contribution in [0.2, 0.25) is 0 Å². The van der Waals surface area contributed by atoms with E-state index in [1.807, 2.05) is 0 Å². The first-order chi connectivity index (χ1) is 10.1. The Morgan fingerprint density at radius 3 is 2.86 bits per heavy atom. The molecule has 0 aliphatic carbocycles. The molecule has 112 valence electrons. The highest BCUT2D eigenvalue weighted by molar-refractivity contribution is 9.10. The average molecular weight is 361 g/mol. The molecule has 7 heteroatoms. The summed E-state index contributed by atoms with van der Waals surface area (Å²) in [6, 6.07) is 0.955. The third kappa shape index (κ3) is 2.72. The van der Waals surface area contributed by atoms with Crippen molar-refractivity contribution in [3.8, 4) is 0 Å². The number of aromatic nitrogens is 1. The predicted octanol–water partition coefficient (Wildman–Crippen LogP) is 4.01. The molecule has 1 aliphatic heterocycles. The normalized spacial score (nSPS) is 18.4. The summed E-state index contributed by atoms with van der Waals surface area (Å²) in [5, 5.41) is 3.12. The molecule has 2 aromatic rings. The third-order valence-electron chi connectivity index (χ3n) is 3.48. The Balaban J connectivity index is 2.01. The molecule has 0 amide bonds. The Labute approximate surface area is 127 Å². The van der Waals surface area contributed by atoms with E-state index in [4.69, 9.17) is 4.74 Å². The fraction of sp³-hybridized carbons (Fsp3) is 0.357. The van der Waals surface area contributed by atoms with E-state index in [9.17, 15) is 13.2 Å². The Morgan fingerprint density at radius 1 is 1.33 bits per heavy atom. The zero-order valence-corrected chi connectivity index (χ0v) is 12.5. The molecular weight excluding hydrogens is 349 g/mol. The SMILES string of the molecule is Fc1cc2c(Br)cnc(NCC3CCCO3)c2c(F)c1F. The molecule has 1 aromatic heterocycles. The van der Waals surface area contributed by atoms with Gasteiger partial charge in [-0.05, 0) is 34.8 Å². The minimum absolute atomic E-state index is 0.0267. The molecule has 1 aromatic carbocycles. The first-order valence-corrected chi connectivity index (χ1v) is 7.34. The second kappa shape index (κ2) is 5.81. The molecule has 1 saturated heterocycles. The van der Waals surface area contributed by atoms with Crippen molar-refractivity contribution in [3.05, 3.63) is 34.2 Å². The van der Waals surface area contributed by atoms with Crippen LogP contribution in [-0.4, -0.2) is 24.2 Å². The van der Waals surface area contributed by atoms with Crippen LogP contribution in [0.4, 0.5) is 19.0 Å². The van der Waals surface area contributed by atoms with Gasteiger partial charge in [0.1, 0.15) is 5.82 Å². The highest BCUT2D eigenvalue weighted by Crippen LogP contribution is 2.33. The second-order valence-corrected chi connectivity index (χ2v) is 5.73. The van der Waals surface area contributed by atoms with Gasteiger partial charge in [0.25, 0.3) is 0 Å². The smallest absolute Gasteiger partial charge is 0.195 e. The zero-order valence-electron chi connectivity index (χ0n) is 10.9. The van der Waals surface area contributed by atoms with E-state index in [0.29, 0.717) is 17.6 Å². The molecule has 0 bridgehead atoms. The standard InChI is InChI=1S/C14H12BrF3N2O/c15-9-6-20-14(19-5-7-2-1-3-21-7)11-8(9)4-10(16)12(17)13(11)18/h4,6-7H,1-3,5H2,(H,19,20). The summed E-state index contributed by atoms with van der Waals surface area (Å²) in [7, 11) is 0. The van der Waals surface area contributed by atoms with Crippen LogP contribution in [0.25, 0.3) is 10.8 Å². The van der Waals surface area contributed by atoms with Crippen molar-refractivity contribution in [1.29, 1.82) is 0 Å². The molecule has 1 unspecified atom stereocenters. The molecule has 0 saturated carbocycles. The maximum absolute atomic E-state index is 14.1. The van der Waals surface area contributed by atoms with Crippen molar-refractivity contribution in [2.45, 2.75) is 18.9 Å². The Bertz CT molecular complexity index is 690. The molecule has 21 heavy (non-hydrogen) atoms. The fourth-order valence-electron chi connectivity index (χ4n) is 2.42. The van der Waals surface area contributed by atoms with Crippen molar-refractivity contribution in [3.63, 3.8) is 0 Å². The Hall–Kier alpha value is -1.34. The maximum atomic E-state index is 14.1. The van der Waals surface area contributed by atoms with E-state index in [0.717, 1.165) is 18.9 Å². The molecule has 3 rings (SSSR count). The highest BCUT2D eigenvalue weighted by atomic mass is 79.9. The first-order valence-electron chi connectivity index (χ1n) is 6.55. The van der Waals surface area contributed by atoms with Crippen molar-refractivity contribution < 1.29 is 17.9 Å². The number of nitrogens with zero attached hydrogens (tertiary/aromatic N) is 1. The lowest BCUT2D eigenvalue weighted by Gasteiger charge is -2.14. The van der Waals surface area contributed by atoms with E-state index in [-0.39, 0.29) is 22.7 Å². The molecule has 1 N–H and O–H groups in total. The molecule has 1 aliphatic rings. The van der Waals surface area contributed by atoms with Gasteiger partial charge >= 0.3 is 0 Å². The molecular formula is C14H12BrF3N2O. The van der Waals surface area contributed by atoms with E-state index >= 15 is 0 Å². The number of pyridine rings is 1. The summed E-state index contributed by atoms with van der Waals surface area (Å²) in [6.45, 7) is 1.15. The maximum Gasteiger partial charge on any atom is 0.195 e. The summed E-state index contributed by atoms with van der Waals surface area (Å²) in [6.07, 6.45) is 3.35. The van der Waals surface area contributed by atoms with Crippen molar-refractivity contribution in [2.75, 3.05) is 18.5 Å². The molecule has 2 heterocycles. The van der Waals surface area contributed by atoms with E-state index in [2.05, 4.69) is 26.2 Å². The Kier molecular flexibility index (Phi) is 4.03. The van der Waals surface area contributed by atoms with E-state index in [1.54, 1.807) is 0 Å². The van der Waals surface area contributed by atoms with Gasteiger partial charge in [-0.25, -0.2) is 18.2 Å². The Morgan fingerprint density at radius 2 is 2.14 bits per heavy atom. The molecule has 1 fully saturated rings. The topological polar surface area (TPSA) is 34.2 Å². The lowest BCUT2D eigenvalue weighted by Crippen LogP contribution is -2.19. The van der Waals surface area contributed by atoms with Gasteiger partial charge in [-0.3, -0.25) is 0 Å².